The molecule has 0 spiro atoms. The zero-order valence-corrected chi connectivity index (χ0v) is 33.6. The lowest BCUT2D eigenvalue weighted by Gasteiger charge is -2.30. The quantitative estimate of drug-likeness (QED) is 0.120. The number of carbonyl (C=O) groups excluding carboxylic acids is 4. The highest BCUT2D eigenvalue weighted by atomic mass is 16.5. The van der Waals surface area contributed by atoms with E-state index in [4.69, 9.17) is 9.47 Å². The smallest absolute Gasteiger partial charge is 0.407 e. The number of fused-ring (bicyclic) bond motifs is 1. The van der Waals surface area contributed by atoms with Gasteiger partial charge in [0.1, 0.15) is 23.7 Å². The zero-order valence-electron chi connectivity index (χ0n) is 33.6. The Bertz CT molecular complexity index is 2290. The molecule has 16 heteroatoms. The third-order valence-corrected chi connectivity index (χ3v) is 11.0. The number of imidazole rings is 2. The summed E-state index contributed by atoms with van der Waals surface area (Å²) in [5.74, 6) is 1.42. The predicted molar refractivity (Wildman–Crippen MR) is 216 cm³/mol. The maximum Gasteiger partial charge on any atom is 0.407 e. The van der Waals surface area contributed by atoms with E-state index in [-0.39, 0.29) is 35.7 Å². The van der Waals surface area contributed by atoms with Crippen LogP contribution in [0.1, 0.15) is 77.1 Å². The minimum Gasteiger partial charge on any atom is -0.453 e. The van der Waals surface area contributed by atoms with E-state index in [0.717, 1.165) is 64.5 Å². The number of rotatable bonds is 11. The van der Waals surface area contributed by atoms with Crippen LogP contribution in [0.2, 0.25) is 0 Å². The third-order valence-electron chi connectivity index (χ3n) is 11.0. The number of carbonyl (C=O) groups is 4. The summed E-state index contributed by atoms with van der Waals surface area (Å²) in [6, 6.07) is 10.4. The normalized spacial score (nSPS) is 17.8. The fraction of sp³-hybridized carbons (Fsp3) is 0.429. The molecule has 2 aromatic carbocycles. The molecule has 4 N–H and O–H groups in total. The number of H-pyrrole nitrogens is 2. The fourth-order valence-electron chi connectivity index (χ4n) is 7.86. The molecule has 0 bridgehead atoms. The summed E-state index contributed by atoms with van der Waals surface area (Å²) >= 11 is 0. The molecule has 2 fully saturated rings. The number of methoxy groups -OCH3 is 2. The second-order valence-corrected chi connectivity index (χ2v) is 15.5. The number of amides is 4. The lowest BCUT2D eigenvalue weighted by Crippen LogP contribution is -2.51. The summed E-state index contributed by atoms with van der Waals surface area (Å²) in [5, 5.41) is 7.43. The van der Waals surface area contributed by atoms with E-state index in [1.807, 2.05) is 45.9 Å². The molecule has 0 radical (unpaired) electrons. The van der Waals surface area contributed by atoms with Crippen molar-refractivity contribution >= 4 is 34.8 Å². The summed E-state index contributed by atoms with van der Waals surface area (Å²) in [4.78, 5) is 80.1. The van der Waals surface area contributed by atoms with Gasteiger partial charge in [0.15, 0.2) is 5.82 Å². The summed E-state index contributed by atoms with van der Waals surface area (Å²) in [5.41, 5.74) is 4.18. The highest BCUT2D eigenvalue weighted by Crippen LogP contribution is 2.35. The van der Waals surface area contributed by atoms with Gasteiger partial charge in [0.2, 0.25) is 11.8 Å². The molecule has 0 saturated carbocycles. The molecule has 304 valence electrons. The van der Waals surface area contributed by atoms with Crippen molar-refractivity contribution in [2.45, 2.75) is 77.5 Å². The Labute approximate surface area is 336 Å². The molecule has 58 heavy (non-hydrogen) atoms. The Morgan fingerprint density at radius 1 is 0.638 bits per heavy atom. The van der Waals surface area contributed by atoms with Crippen molar-refractivity contribution in [1.82, 2.24) is 50.3 Å². The van der Waals surface area contributed by atoms with Gasteiger partial charge in [-0.05, 0) is 60.4 Å². The van der Waals surface area contributed by atoms with E-state index in [0.29, 0.717) is 30.6 Å². The summed E-state index contributed by atoms with van der Waals surface area (Å²) in [6.45, 7) is 8.73. The van der Waals surface area contributed by atoms with Gasteiger partial charge in [0, 0.05) is 42.2 Å². The molecule has 0 unspecified atom stereocenters. The van der Waals surface area contributed by atoms with Crippen LogP contribution in [0.5, 0.6) is 0 Å². The van der Waals surface area contributed by atoms with E-state index >= 15 is 0 Å². The van der Waals surface area contributed by atoms with Gasteiger partial charge in [0.05, 0.1) is 50.1 Å². The molecule has 16 nitrogen and oxygen atoms in total. The van der Waals surface area contributed by atoms with E-state index in [9.17, 15) is 19.2 Å². The second kappa shape index (κ2) is 17.0. The Kier molecular flexibility index (Phi) is 11.7. The fourth-order valence-corrected chi connectivity index (χ4v) is 7.86. The topological polar surface area (TPSA) is 200 Å². The third kappa shape index (κ3) is 8.22. The van der Waals surface area contributed by atoms with Gasteiger partial charge >= 0.3 is 12.2 Å². The minimum absolute atomic E-state index is 0.113. The molecule has 3 aromatic heterocycles. The van der Waals surface area contributed by atoms with Crippen LogP contribution < -0.4 is 10.6 Å². The highest BCUT2D eigenvalue weighted by molar-refractivity contribution is 5.90. The predicted octanol–water partition coefficient (Wildman–Crippen LogP) is 6.17. The molecule has 2 saturated heterocycles. The monoisotopic (exact) mass is 790 g/mol. The summed E-state index contributed by atoms with van der Waals surface area (Å²) < 4.78 is 9.51. The van der Waals surface area contributed by atoms with Crippen molar-refractivity contribution in [3.63, 3.8) is 0 Å². The van der Waals surface area contributed by atoms with Crippen molar-refractivity contribution in [2.24, 2.45) is 11.8 Å². The van der Waals surface area contributed by atoms with Crippen molar-refractivity contribution in [3.05, 3.63) is 72.8 Å². The standard InChI is InChI=1S/C42H50N10O6/c1-23(2)34(49-41(55)57-5)39(53)51-15-7-9-32(51)37-45-21-30(47-37)27-13-11-26-18-28(14-12-25(26)17-27)36-43-19-29(20-44-36)31-22-46-38(48-31)33-10-8-16-52(33)40(54)35(24(3)4)50-42(56)58-6/h11-14,17-24,32-35H,7-10,15-16H2,1-6H3,(H,45,47)(H,46,48)(H,49,55)(H,50,56)/t32-,33-,34-,35-/m0/s1. The van der Waals surface area contributed by atoms with Gasteiger partial charge < -0.3 is 39.9 Å². The Morgan fingerprint density at radius 2 is 1.09 bits per heavy atom. The number of hydrogen-bond donors (Lipinski definition) is 4. The van der Waals surface area contributed by atoms with Gasteiger partial charge in [0.25, 0.3) is 0 Å². The first-order chi connectivity index (χ1) is 27.9. The molecule has 5 aromatic rings. The Balaban J connectivity index is 1.02. The van der Waals surface area contributed by atoms with E-state index < -0.39 is 24.3 Å². The highest BCUT2D eigenvalue weighted by Gasteiger charge is 2.39. The van der Waals surface area contributed by atoms with Crippen molar-refractivity contribution in [2.75, 3.05) is 27.3 Å². The first-order valence-electron chi connectivity index (χ1n) is 19.7. The van der Waals surface area contributed by atoms with Crippen molar-refractivity contribution in [3.8, 4) is 33.9 Å². The average molecular weight is 791 g/mol. The number of alkyl carbamates (subject to hydrolysis) is 2. The van der Waals surface area contributed by atoms with Crippen LogP contribution >= 0.6 is 0 Å². The van der Waals surface area contributed by atoms with E-state index in [1.54, 1.807) is 34.6 Å². The van der Waals surface area contributed by atoms with Gasteiger partial charge in [-0.2, -0.15) is 0 Å². The van der Waals surface area contributed by atoms with E-state index in [2.05, 4.69) is 58.7 Å². The maximum atomic E-state index is 13.6. The largest absolute Gasteiger partial charge is 0.453 e. The maximum absolute atomic E-state index is 13.6. The molecule has 4 amide bonds. The number of nitrogens with one attached hydrogen (secondary N) is 4. The lowest BCUT2D eigenvalue weighted by molar-refractivity contribution is -0.136. The van der Waals surface area contributed by atoms with Gasteiger partial charge in [-0.1, -0.05) is 52.0 Å². The van der Waals surface area contributed by atoms with Crippen LogP contribution in [0, 0.1) is 11.8 Å². The molecule has 7 rings (SSSR count). The average Bonchev–Trinajstić information content (AvgIpc) is 4.07. The number of hydrogen-bond acceptors (Lipinski definition) is 10. The number of aromatic nitrogens is 6. The number of ether oxygens (including phenoxy) is 2. The van der Waals surface area contributed by atoms with Crippen LogP contribution in [0.4, 0.5) is 9.59 Å². The second-order valence-electron chi connectivity index (χ2n) is 15.5. The Morgan fingerprint density at radius 3 is 1.55 bits per heavy atom. The summed E-state index contributed by atoms with van der Waals surface area (Å²) in [7, 11) is 2.57. The Hall–Kier alpha value is -6.32. The van der Waals surface area contributed by atoms with Crippen LogP contribution in [0.15, 0.2) is 61.2 Å². The first-order valence-corrected chi connectivity index (χ1v) is 19.7. The number of aromatic amines is 2. The van der Waals surface area contributed by atoms with E-state index in [1.165, 1.54) is 14.2 Å². The molecular formula is C42H50N10O6. The number of benzene rings is 2. The lowest BCUT2D eigenvalue weighted by atomic mass is 10.0. The molecule has 2 aliphatic heterocycles. The minimum atomic E-state index is -0.707. The summed E-state index contributed by atoms with van der Waals surface area (Å²) in [6.07, 6.45) is 8.96. The molecular weight excluding hydrogens is 741 g/mol. The van der Waals surface area contributed by atoms with Crippen LogP contribution in [-0.2, 0) is 19.1 Å². The number of likely N-dealkylation sites (tertiary alicyclic amines) is 2. The van der Waals surface area contributed by atoms with Crippen LogP contribution in [-0.4, -0.2) is 103 Å². The molecule has 0 aliphatic carbocycles. The van der Waals surface area contributed by atoms with Gasteiger partial charge in [-0.25, -0.2) is 29.5 Å². The number of nitrogens with zero attached hydrogens (tertiary/aromatic N) is 6. The van der Waals surface area contributed by atoms with Crippen LogP contribution in [0.25, 0.3) is 44.7 Å². The zero-order chi connectivity index (χ0) is 41.1. The van der Waals surface area contributed by atoms with Gasteiger partial charge in [-0.15, -0.1) is 0 Å². The van der Waals surface area contributed by atoms with Crippen LogP contribution in [0.3, 0.4) is 0 Å². The molecule has 2 aliphatic rings. The SMILES string of the molecule is COC(=O)N[C@H](C(=O)N1CCC[C@H]1c1ncc(-c2cnc(-c3ccc4cc(-c5cnc([C@@H]6CCCN6C(=O)[C@@H](NC(=O)OC)C(C)C)[nH]5)ccc4c3)nc2)[nH]1)C(C)C. The van der Waals surface area contributed by atoms with Gasteiger partial charge in [-0.3, -0.25) is 9.59 Å². The van der Waals surface area contributed by atoms with Crippen molar-refractivity contribution in [1.29, 1.82) is 0 Å². The first kappa shape index (κ1) is 39.9. The molecule has 5 heterocycles. The molecule has 4 atom stereocenters. The van der Waals surface area contributed by atoms with Crippen molar-refractivity contribution < 1.29 is 28.7 Å².